The van der Waals surface area contributed by atoms with E-state index in [1.807, 2.05) is 23.1 Å². The fourth-order valence-electron chi connectivity index (χ4n) is 1.83. The lowest BCUT2D eigenvalue weighted by molar-refractivity contribution is 0.724. The Morgan fingerprint density at radius 2 is 1.95 bits per heavy atom. The number of nitrogens with zero attached hydrogens (tertiary/aromatic N) is 4. The Hall–Kier alpha value is -1.75. The lowest BCUT2D eigenvalue weighted by Crippen LogP contribution is -2.11. The molecule has 2 N–H and O–H groups in total. The summed E-state index contributed by atoms with van der Waals surface area (Å²) in [4.78, 5) is 8.91. The third-order valence-electron chi connectivity index (χ3n) is 3.02. The van der Waals surface area contributed by atoms with Crippen LogP contribution in [-0.4, -0.2) is 19.7 Å². The molecule has 0 aromatic carbocycles. The number of rotatable bonds is 4. The summed E-state index contributed by atoms with van der Waals surface area (Å²) in [6.07, 6.45) is 3.74. The smallest absolute Gasteiger partial charge is 0.131 e. The molecule has 0 saturated carbocycles. The second kappa shape index (κ2) is 5.48. The summed E-state index contributed by atoms with van der Waals surface area (Å²) in [6.45, 7) is 8.76. The molecule has 0 unspecified atom stereocenters. The maximum Gasteiger partial charge on any atom is 0.131 e. The molecule has 0 aliphatic rings. The fraction of sp³-hybridized carbons (Fsp3) is 0.500. The van der Waals surface area contributed by atoms with Gasteiger partial charge in [-0.15, -0.1) is 0 Å². The van der Waals surface area contributed by atoms with Crippen molar-refractivity contribution >= 4 is 0 Å². The van der Waals surface area contributed by atoms with Crippen molar-refractivity contribution < 1.29 is 0 Å². The third kappa shape index (κ3) is 2.81. The van der Waals surface area contributed by atoms with Crippen LogP contribution in [0, 0.1) is 0 Å². The largest absolute Gasteiger partial charge is 0.325 e. The van der Waals surface area contributed by atoms with Crippen LogP contribution in [0.1, 0.15) is 56.7 Å². The van der Waals surface area contributed by atoms with Gasteiger partial charge in [-0.25, -0.2) is 14.6 Å². The normalized spacial score (nSPS) is 11.5. The molecular formula is C14H21N5. The summed E-state index contributed by atoms with van der Waals surface area (Å²) in [5.41, 5.74) is 8.53. The van der Waals surface area contributed by atoms with Crippen LogP contribution in [0.3, 0.4) is 0 Å². The molecule has 0 spiro atoms. The van der Waals surface area contributed by atoms with E-state index in [-0.39, 0.29) is 0 Å². The summed E-state index contributed by atoms with van der Waals surface area (Å²) < 4.78 is 1.81. The molecule has 2 aromatic rings. The molecule has 0 saturated heterocycles. The van der Waals surface area contributed by atoms with Gasteiger partial charge in [0.1, 0.15) is 11.5 Å². The molecule has 0 amide bonds. The molecule has 2 heterocycles. The standard InChI is InChI=1S/C14H21N5/c1-9(2)11-5-6-19(18-11)13-8-16-14(10(3)4)17-12(13)7-15/h5-6,8-10H,7,15H2,1-4H3. The van der Waals surface area contributed by atoms with Gasteiger partial charge in [0.15, 0.2) is 0 Å². The zero-order valence-electron chi connectivity index (χ0n) is 12.0. The Labute approximate surface area is 113 Å². The summed E-state index contributed by atoms with van der Waals surface area (Å²) in [6, 6.07) is 2.02. The Morgan fingerprint density at radius 3 is 2.47 bits per heavy atom. The van der Waals surface area contributed by atoms with E-state index >= 15 is 0 Å². The Balaban J connectivity index is 2.43. The van der Waals surface area contributed by atoms with Gasteiger partial charge in [0.05, 0.1) is 17.6 Å². The Morgan fingerprint density at radius 1 is 1.21 bits per heavy atom. The summed E-state index contributed by atoms with van der Waals surface area (Å²) in [7, 11) is 0. The van der Waals surface area contributed by atoms with E-state index < -0.39 is 0 Å². The Kier molecular flexibility index (Phi) is 3.95. The maximum absolute atomic E-state index is 5.79. The average molecular weight is 259 g/mol. The average Bonchev–Trinajstić information content (AvgIpc) is 2.87. The molecule has 2 aromatic heterocycles. The van der Waals surface area contributed by atoms with E-state index in [2.05, 4.69) is 42.8 Å². The van der Waals surface area contributed by atoms with Gasteiger partial charge in [-0.3, -0.25) is 0 Å². The molecule has 2 rings (SSSR count). The van der Waals surface area contributed by atoms with E-state index in [0.717, 1.165) is 22.9 Å². The number of hydrogen-bond donors (Lipinski definition) is 1. The zero-order chi connectivity index (χ0) is 14.0. The highest BCUT2D eigenvalue weighted by atomic mass is 15.3. The van der Waals surface area contributed by atoms with Crippen molar-refractivity contribution in [3.63, 3.8) is 0 Å². The second-order valence-electron chi connectivity index (χ2n) is 5.26. The molecule has 0 aliphatic carbocycles. The van der Waals surface area contributed by atoms with Gasteiger partial charge in [-0.2, -0.15) is 5.10 Å². The van der Waals surface area contributed by atoms with Crippen LogP contribution < -0.4 is 5.73 Å². The van der Waals surface area contributed by atoms with Crippen LogP contribution in [0.4, 0.5) is 0 Å². The van der Waals surface area contributed by atoms with Crippen LogP contribution in [0.15, 0.2) is 18.5 Å². The van der Waals surface area contributed by atoms with Gasteiger partial charge in [-0.05, 0) is 12.0 Å². The van der Waals surface area contributed by atoms with Crippen LogP contribution in [0.25, 0.3) is 5.69 Å². The molecule has 0 bridgehead atoms. The predicted octanol–water partition coefficient (Wildman–Crippen LogP) is 2.37. The molecular weight excluding hydrogens is 238 g/mol. The van der Waals surface area contributed by atoms with Crippen molar-refractivity contribution in [3.05, 3.63) is 35.7 Å². The van der Waals surface area contributed by atoms with Crippen LogP contribution in [-0.2, 0) is 6.54 Å². The molecule has 0 radical (unpaired) electrons. The summed E-state index contributed by atoms with van der Waals surface area (Å²) >= 11 is 0. The molecule has 102 valence electrons. The fourth-order valence-corrected chi connectivity index (χ4v) is 1.83. The molecule has 0 atom stereocenters. The lowest BCUT2D eigenvalue weighted by atomic mass is 10.1. The monoisotopic (exact) mass is 259 g/mol. The van der Waals surface area contributed by atoms with Crippen molar-refractivity contribution in [3.8, 4) is 5.69 Å². The van der Waals surface area contributed by atoms with Gasteiger partial charge >= 0.3 is 0 Å². The van der Waals surface area contributed by atoms with Crippen molar-refractivity contribution in [1.82, 2.24) is 19.7 Å². The van der Waals surface area contributed by atoms with Gasteiger partial charge < -0.3 is 5.73 Å². The van der Waals surface area contributed by atoms with E-state index in [9.17, 15) is 0 Å². The van der Waals surface area contributed by atoms with E-state index in [4.69, 9.17) is 5.73 Å². The minimum Gasteiger partial charge on any atom is -0.325 e. The van der Waals surface area contributed by atoms with Crippen LogP contribution in [0.5, 0.6) is 0 Å². The Bertz CT molecular complexity index is 557. The SMILES string of the molecule is CC(C)c1ccn(-c2cnc(C(C)C)nc2CN)n1. The van der Waals surface area contributed by atoms with E-state index in [1.54, 1.807) is 0 Å². The first kappa shape index (κ1) is 13.7. The lowest BCUT2D eigenvalue weighted by Gasteiger charge is -2.10. The quantitative estimate of drug-likeness (QED) is 0.915. The minimum absolute atomic E-state index is 0.295. The highest BCUT2D eigenvalue weighted by Gasteiger charge is 2.12. The van der Waals surface area contributed by atoms with Crippen molar-refractivity contribution in [1.29, 1.82) is 0 Å². The van der Waals surface area contributed by atoms with E-state index in [1.165, 1.54) is 0 Å². The van der Waals surface area contributed by atoms with Gasteiger partial charge in [0.25, 0.3) is 0 Å². The third-order valence-corrected chi connectivity index (χ3v) is 3.02. The predicted molar refractivity (Wildman–Crippen MR) is 75.2 cm³/mol. The zero-order valence-corrected chi connectivity index (χ0v) is 12.0. The number of aromatic nitrogens is 4. The second-order valence-corrected chi connectivity index (χ2v) is 5.26. The van der Waals surface area contributed by atoms with Crippen LogP contribution >= 0.6 is 0 Å². The first-order chi connectivity index (χ1) is 9.02. The minimum atomic E-state index is 0.295. The first-order valence-electron chi connectivity index (χ1n) is 6.64. The number of nitrogens with two attached hydrogens (primary N) is 1. The summed E-state index contributed by atoms with van der Waals surface area (Å²) in [5, 5.41) is 4.54. The highest BCUT2D eigenvalue weighted by Crippen LogP contribution is 2.17. The molecule has 0 aliphatic heterocycles. The topological polar surface area (TPSA) is 69.6 Å². The molecule has 0 fully saturated rings. The van der Waals surface area contributed by atoms with E-state index in [0.29, 0.717) is 18.4 Å². The molecule has 19 heavy (non-hydrogen) atoms. The van der Waals surface area contributed by atoms with Gasteiger partial charge in [0, 0.05) is 18.7 Å². The first-order valence-corrected chi connectivity index (χ1v) is 6.64. The van der Waals surface area contributed by atoms with Gasteiger partial charge in [0.2, 0.25) is 0 Å². The van der Waals surface area contributed by atoms with Gasteiger partial charge in [-0.1, -0.05) is 27.7 Å². The highest BCUT2D eigenvalue weighted by molar-refractivity contribution is 5.34. The maximum atomic E-state index is 5.79. The molecule has 5 heteroatoms. The van der Waals surface area contributed by atoms with Crippen molar-refractivity contribution in [2.24, 2.45) is 5.73 Å². The van der Waals surface area contributed by atoms with Crippen molar-refractivity contribution in [2.45, 2.75) is 46.1 Å². The number of hydrogen-bond acceptors (Lipinski definition) is 4. The molecule has 5 nitrogen and oxygen atoms in total. The summed E-state index contributed by atoms with van der Waals surface area (Å²) in [5.74, 6) is 1.52. The van der Waals surface area contributed by atoms with Crippen LogP contribution in [0.2, 0.25) is 0 Å². The van der Waals surface area contributed by atoms with Crippen molar-refractivity contribution in [2.75, 3.05) is 0 Å².